The van der Waals surface area contributed by atoms with E-state index in [0.29, 0.717) is 28.5 Å². The van der Waals surface area contributed by atoms with Crippen LogP contribution in [0.4, 0.5) is 0 Å². The van der Waals surface area contributed by atoms with Crippen LogP contribution in [0.25, 0.3) is 0 Å². The summed E-state index contributed by atoms with van der Waals surface area (Å²) in [5.41, 5.74) is 0.810. The summed E-state index contributed by atoms with van der Waals surface area (Å²) in [4.78, 5) is 17.4. The van der Waals surface area contributed by atoms with E-state index in [0.717, 1.165) is 18.4 Å². The number of aromatic nitrogens is 6. The minimum Gasteiger partial charge on any atom is -0.497 e. The molecule has 3 aromatic rings. The summed E-state index contributed by atoms with van der Waals surface area (Å²) >= 11 is 1.34. The van der Waals surface area contributed by atoms with Crippen molar-refractivity contribution < 1.29 is 14.3 Å². The topological polar surface area (TPSA) is 109 Å². The van der Waals surface area contributed by atoms with Crippen LogP contribution in [0.1, 0.15) is 49.2 Å². The molecule has 0 bridgehead atoms. The van der Waals surface area contributed by atoms with Crippen LogP contribution in [-0.4, -0.2) is 55.6 Å². The Morgan fingerprint density at radius 2 is 1.94 bits per heavy atom. The van der Waals surface area contributed by atoms with E-state index < -0.39 is 6.04 Å². The summed E-state index contributed by atoms with van der Waals surface area (Å²) in [6.07, 6.45) is 8.06. The maximum absolute atomic E-state index is 13.0. The second-order valence-corrected chi connectivity index (χ2v) is 8.62. The van der Waals surface area contributed by atoms with E-state index in [1.54, 1.807) is 26.5 Å². The van der Waals surface area contributed by atoms with Crippen molar-refractivity contribution in [3.8, 4) is 11.5 Å². The number of rotatable bonds is 9. The molecule has 32 heavy (non-hydrogen) atoms. The van der Waals surface area contributed by atoms with Crippen LogP contribution in [0.2, 0.25) is 0 Å². The number of amides is 1. The molecular weight excluding hydrogens is 430 g/mol. The molecule has 1 N–H and O–H groups in total. The maximum Gasteiger partial charge on any atom is 0.231 e. The summed E-state index contributed by atoms with van der Waals surface area (Å²) in [6.45, 7) is 0. The highest BCUT2D eigenvalue weighted by Crippen LogP contribution is 2.32. The van der Waals surface area contributed by atoms with Gasteiger partial charge < -0.3 is 19.4 Å². The van der Waals surface area contributed by atoms with Gasteiger partial charge in [0, 0.05) is 25.5 Å². The number of tetrazole rings is 1. The predicted octanol–water partition coefficient (Wildman–Crippen LogP) is 2.54. The fourth-order valence-electron chi connectivity index (χ4n) is 3.94. The third-order valence-electron chi connectivity index (χ3n) is 5.59. The Kier molecular flexibility index (Phi) is 6.93. The molecule has 2 aromatic heterocycles. The zero-order valence-corrected chi connectivity index (χ0v) is 19.2. The summed E-state index contributed by atoms with van der Waals surface area (Å²) < 4.78 is 14.6. The largest absolute Gasteiger partial charge is 0.497 e. The lowest BCUT2D eigenvalue weighted by Gasteiger charge is -2.20. The molecule has 0 spiro atoms. The molecule has 11 heteroatoms. The summed E-state index contributed by atoms with van der Waals surface area (Å²) in [6, 6.07) is 5.38. The molecule has 1 atom stereocenters. The van der Waals surface area contributed by atoms with Crippen molar-refractivity contribution in [2.24, 2.45) is 7.05 Å². The van der Waals surface area contributed by atoms with Crippen molar-refractivity contribution >= 4 is 17.7 Å². The number of carbonyl (C=O) groups is 1. The lowest BCUT2D eigenvalue weighted by molar-refractivity contribution is -0.119. The minimum atomic E-state index is -0.474. The minimum absolute atomic E-state index is 0.147. The second kappa shape index (κ2) is 10.0. The smallest absolute Gasteiger partial charge is 0.231 e. The molecule has 1 amide bonds. The van der Waals surface area contributed by atoms with E-state index in [9.17, 15) is 4.79 Å². The van der Waals surface area contributed by atoms with E-state index in [1.165, 1.54) is 24.6 Å². The molecule has 1 saturated carbocycles. The van der Waals surface area contributed by atoms with Crippen LogP contribution in [0.15, 0.2) is 35.7 Å². The number of hydrogen-bond acceptors (Lipinski definition) is 8. The fourth-order valence-corrected chi connectivity index (χ4v) is 4.70. The first-order chi connectivity index (χ1) is 15.6. The average molecular weight is 458 g/mol. The Bertz CT molecular complexity index is 1040. The third-order valence-corrected chi connectivity index (χ3v) is 6.53. The van der Waals surface area contributed by atoms with Gasteiger partial charge in [-0.15, -0.1) is 5.10 Å². The molecular formula is C21H27N7O3S. The lowest BCUT2D eigenvalue weighted by atomic mass is 10.0. The van der Waals surface area contributed by atoms with Gasteiger partial charge in [0.1, 0.15) is 23.4 Å². The summed E-state index contributed by atoms with van der Waals surface area (Å²) in [5, 5.41) is 15.8. The molecule has 10 nitrogen and oxygen atoms in total. The highest BCUT2D eigenvalue weighted by molar-refractivity contribution is 7.99. The van der Waals surface area contributed by atoms with E-state index in [1.807, 2.05) is 34.6 Å². The van der Waals surface area contributed by atoms with Gasteiger partial charge in [0.2, 0.25) is 11.1 Å². The average Bonchev–Trinajstić information content (AvgIpc) is 3.57. The standard InChI is InChI=1S/C21H27N7O3S/c1-27-9-8-22-20(27)19(14-10-16(30-2)12-17(11-14)31-3)23-18(29)13-32-21-24-25-26-28(21)15-6-4-5-7-15/h8-12,15,19H,4-7,13H2,1-3H3,(H,23,29). The van der Waals surface area contributed by atoms with Crippen molar-refractivity contribution in [3.05, 3.63) is 42.0 Å². The molecule has 0 aliphatic heterocycles. The van der Waals surface area contributed by atoms with Gasteiger partial charge in [-0.2, -0.15) is 0 Å². The SMILES string of the molecule is COc1cc(OC)cc(C(NC(=O)CSc2nnnn2C2CCCC2)c2nccn2C)c1. The number of benzene rings is 1. The van der Waals surface area contributed by atoms with E-state index in [4.69, 9.17) is 9.47 Å². The first-order valence-electron chi connectivity index (χ1n) is 10.5. The first-order valence-corrected chi connectivity index (χ1v) is 11.5. The zero-order chi connectivity index (χ0) is 22.5. The number of nitrogens with one attached hydrogen (secondary N) is 1. The van der Waals surface area contributed by atoms with Crippen LogP contribution >= 0.6 is 11.8 Å². The predicted molar refractivity (Wildman–Crippen MR) is 119 cm³/mol. The maximum atomic E-state index is 13.0. The van der Waals surface area contributed by atoms with E-state index in [2.05, 4.69) is 25.8 Å². The Morgan fingerprint density at radius 3 is 2.56 bits per heavy atom. The van der Waals surface area contributed by atoms with Gasteiger partial charge in [-0.3, -0.25) is 4.79 Å². The number of aryl methyl sites for hydroxylation is 1. The third kappa shape index (κ3) is 4.87. The number of thioether (sulfide) groups is 1. The molecule has 1 unspecified atom stereocenters. The monoisotopic (exact) mass is 457 g/mol. The number of nitrogens with zero attached hydrogens (tertiary/aromatic N) is 6. The van der Waals surface area contributed by atoms with Gasteiger partial charge in [-0.25, -0.2) is 9.67 Å². The van der Waals surface area contributed by atoms with Gasteiger partial charge in [0.05, 0.1) is 26.0 Å². The summed E-state index contributed by atoms with van der Waals surface area (Å²) in [7, 11) is 5.08. The quantitative estimate of drug-likeness (QED) is 0.488. The zero-order valence-electron chi connectivity index (χ0n) is 18.4. The molecule has 2 heterocycles. The van der Waals surface area contributed by atoms with Gasteiger partial charge in [0.25, 0.3) is 0 Å². The van der Waals surface area contributed by atoms with Crippen LogP contribution in [0, 0.1) is 0 Å². The molecule has 170 valence electrons. The molecule has 0 saturated heterocycles. The van der Waals surface area contributed by atoms with Crippen LogP contribution in [-0.2, 0) is 11.8 Å². The van der Waals surface area contributed by atoms with Crippen LogP contribution in [0.5, 0.6) is 11.5 Å². The number of ether oxygens (including phenoxy) is 2. The van der Waals surface area contributed by atoms with Gasteiger partial charge in [-0.05, 0) is 41.0 Å². The highest BCUT2D eigenvalue weighted by atomic mass is 32.2. The Morgan fingerprint density at radius 1 is 1.22 bits per heavy atom. The van der Waals surface area contributed by atoms with Crippen LogP contribution < -0.4 is 14.8 Å². The van der Waals surface area contributed by atoms with Crippen molar-refractivity contribution in [1.82, 2.24) is 35.1 Å². The molecule has 0 radical (unpaired) electrons. The van der Waals surface area contributed by atoms with Crippen molar-refractivity contribution in [2.75, 3.05) is 20.0 Å². The van der Waals surface area contributed by atoms with Gasteiger partial charge in [0.15, 0.2) is 0 Å². The number of imidazole rings is 1. The molecule has 1 fully saturated rings. The van der Waals surface area contributed by atoms with Gasteiger partial charge in [-0.1, -0.05) is 24.6 Å². The molecule has 4 rings (SSSR count). The fraction of sp³-hybridized carbons (Fsp3) is 0.476. The van der Waals surface area contributed by atoms with E-state index >= 15 is 0 Å². The normalized spacial score (nSPS) is 15.0. The lowest BCUT2D eigenvalue weighted by Crippen LogP contribution is -2.32. The number of carbonyl (C=O) groups excluding carboxylic acids is 1. The number of hydrogen-bond donors (Lipinski definition) is 1. The molecule has 1 aliphatic carbocycles. The Balaban J connectivity index is 1.52. The first kappa shape index (κ1) is 22.1. The molecule has 1 aromatic carbocycles. The highest BCUT2D eigenvalue weighted by Gasteiger charge is 2.25. The van der Waals surface area contributed by atoms with Crippen LogP contribution in [0.3, 0.4) is 0 Å². The molecule has 1 aliphatic rings. The Hall–Kier alpha value is -3.08. The van der Waals surface area contributed by atoms with Crippen molar-refractivity contribution in [2.45, 2.75) is 42.9 Å². The Labute approximate surface area is 190 Å². The van der Waals surface area contributed by atoms with Crippen molar-refractivity contribution in [3.63, 3.8) is 0 Å². The second-order valence-electron chi connectivity index (χ2n) is 7.68. The van der Waals surface area contributed by atoms with E-state index in [-0.39, 0.29) is 11.7 Å². The summed E-state index contributed by atoms with van der Waals surface area (Å²) in [5.74, 6) is 2.02. The van der Waals surface area contributed by atoms with Crippen molar-refractivity contribution in [1.29, 1.82) is 0 Å². The van der Waals surface area contributed by atoms with Gasteiger partial charge >= 0.3 is 0 Å². The number of methoxy groups -OCH3 is 2.